The Balaban J connectivity index is 3.30. The second-order valence-corrected chi connectivity index (χ2v) is 4.68. The molecule has 1 fully saturated rings. The van der Waals surface area contributed by atoms with Crippen molar-refractivity contribution in [1.82, 2.24) is 0 Å². The van der Waals surface area contributed by atoms with Crippen LogP contribution in [0.3, 0.4) is 0 Å². The van der Waals surface area contributed by atoms with Gasteiger partial charge in [-0.05, 0) is 0 Å². The maximum atomic E-state index is 10.2. The fourth-order valence-electron chi connectivity index (χ4n) is 2.70. The summed E-state index contributed by atoms with van der Waals surface area (Å²) in [5.74, 6) is 4.64. The third kappa shape index (κ3) is 3.07. The van der Waals surface area contributed by atoms with Crippen molar-refractivity contribution in [1.29, 1.82) is 0 Å². The van der Waals surface area contributed by atoms with Gasteiger partial charge in [0, 0.05) is 28.4 Å². The van der Waals surface area contributed by atoms with Gasteiger partial charge in [-0.25, -0.2) is 0 Å². The van der Waals surface area contributed by atoms with E-state index in [1.54, 1.807) is 0 Å². The zero-order chi connectivity index (χ0) is 16.0. The van der Waals surface area contributed by atoms with Crippen LogP contribution in [0.4, 0.5) is 0 Å². The number of hydrogen-bond donors (Lipinski definition) is 1. The second kappa shape index (κ2) is 7.77. The van der Waals surface area contributed by atoms with E-state index in [-0.39, 0.29) is 6.61 Å². The van der Waals surface area contributed by atoms with Gasteiger partial charge in [-0.2, -0.15) is 0 Å². The Morgan fingerprint density at radius 1 is 1.14 bits per heavy atom. The topological polar surface area (TPSA) is 66.4 Å². The van der Waals surface area contributed by atoms with E-state index < -0.39 is 36.1 Å². The summed E-state index contributed by atoms with van der Waals surface area (Å²) in [6.45, 7) is 0.204. The van der Waals surface area contributed by atoms with Crippen molar-refractivity contribution in [2.24, 2.45) is 0 Å². The average molecular weight is 298 g/mol. The van der Waals surface area contributed by atoms with Crippen molar-refractivity contribution in [2.75, 3.05) is 35.0 Å². The van der Waals surface area contributed by atoms with Crippen LogP contribution in [0.15, 0.2) is 0 Å². The van der Waals surface area contributed by atoms with Gasteiger partial charge >= 0.3 is 0 Å². The van der Waals surface area contributed by atoms with Crippen LogP contribution in [0.25, 0.3) is 0 Å². The third-order valence-electron chi connectivity index (χ3n) is 3.68. The predicted molar refractivity (Wildman–Crippen MR) is 75.5 cm³/mol. The number of rotatable bonds is 6. The maximum Gasteiger partial charge on any atom is 0.194 e. The van der Waals surface area contributed by atoms with Gasteiger partial charge in [0.2, 0.25) is 0 Å². The molecular formula is C15H22O6. The minimum Gasteiger partial charge on any atom is -0.382 e. The summed E-state index contributed by atoms with van der Waals surface area (Å²) in [5.41, 5.74) is -1.54. The normalized spacial score (nSPS) is 37.5. The fraction of sp³-hybridized carbons (Fsp3) is 0.733. The van der Waals surface area contributed by atoms with Crippen LogP contribution < -0.4 is 0 Å². The van der Waals surface area contributed by atoms with Crippen LogP contribution in [0.2, 0.25) is 0 Å². The van der Waals surface area contributed by atoms with E-state index in [0.29, 0.717) is 0 Å². The summed E-state index contributed by atoms with van der Waals surface area (Å²) < 4.78 is 27.3. The first-order valence-corrected chi connectivity index (χ1v) is 6.43. The Labute approximate surface area is 125 Å². The lowest BCUT2D eigenvalue weighted by Crippen LogP contribution is -2.69. The molecule has 0 unspecified atom stereocenters. The lowest BCUT2D eigenvalue weighted by molar-refractivity contribution is -0.286. The summed E-state index contributed by atoms with van der Waals surface area (Å²) in [6, 6.07) is 0. The largest absolute Gasteiger partial charge is 0.382 e. The number of aliphatic hydroxyl groups excluding tert-OH is 1. The zero-order valence-electron chi connectivity index (χ0n) is 12.7. The SMILES string of the molecule is C#C[C@H](O)[C@]1(C#C)O[C@H](COC)[C@@H](OC)[C@H](OC)[C@H]1OC. The molecule has 0 aromatic rings. The highest BCUT2D eigenvalue weighted by Crippen LogP contribution is 2.36. The van der Waals surface area contributed by atoms with Gasteiger partial charge < -0.3 is 28.8 Å². The summed E-state index contributed by atoms with van der Waals surface area (Å²) in [6.07, 6.45) is 7.14. The standard InChI is InChI=1S/C15H22O6/c1-7-11(16)15(8-2)14(20-6)13(19-5)12(18-4)10(21-15)9-17-3/h1-2,10-14,16H,9H2,3-6H3/t10-,11+,12-,13+,14-,15+/m1/s1. The predicted octanol–water partition coefficient (Wildman–Crippen LogP) is -0.557. The Morgan fingerprint density at radius 2 is 1.76 bits per heavy atom. The van der Waals surface area contributed by atoms with Crippen LogP contribution in [0.5, 0.6) is 0 Å². The number of terminal acetylenes is 2. The summed E-state index contributed by atoms with van der Waals surface area (Å²) in [4.78, 5) is 0. The first-order chi connectivity index (χ1) is 10.1. The van der Waals surface area contributed by atoms with Gasteiger partial charge in [-0.15, -0.1) is 12.8 Å². The van der Waals surface area contributed by atoms with Gasteiger partial charge in [-0.3, -0.25) is 0 Å². The number of methoxy groups -OCH3 is 4. The van der Waals surface area contributed by atoms with E-state index in [0.717, 1.165) is 0 Å². The molecule has 1 aliphatic rings. The quantitative estimate of drug-likeness (QED) is 0.663. The molecule has 1 aliphatic heterocycles. The van der Waals surface area contributed by atoms with Gasteiger partial charge in [0.15, 0.2) is 11.7 Å². The lowest BCUT2D eigenvalue weighted by Gasteiger charge is -2.50. The molecule has 6 heteroatoms. The van der Waals surface area contributed by atoms with E-state index in [1.165, 1.54) is 28.4 Å². The summed E-state index contributed by atoms with van der Waals surface area (Å²) in [7, 11) is 5.99. The third-order valence-corrected chi connectivity index (χ3v) is 3.68. The molecule has 0 aromatic carbocycles. The fourth-order valence-corrected chi connectivity index (χ4v) is 2.70. The molecule has 1 N–H and O–H groups in total. The highest BCUT2D eigenvalue weighted by molar-refractivity contribution is 5.27. The zero-order valence-corrected chi connectivity index (χ0v) is 12.7. The van der Waals surface area contributed by atoms with E-state index in [9.17, 15) is 5.11 Å². The molecule has 0 radical (unpaired) electrons. The lowest BCUT2D eigenvalue weighted by atomic mass is 9.81. The molecule has 1 saturated heterocycles. The van der Waals surface area contributed by atoms with Crippen LogP contribution in [-0.2, 0) is 23.7 Å². The van der Waals surface area contributed by atoms with E-state index in [1.807, 2.05) is 0 Å². The number of hydrogen-bond acceptors (Lipinski definition) is 6. The van der Waals surface area contributed by atoms with E-state index in [2.05, 4.69) is 11.8 Å². The number of aliphatic hydroxyl groups is 1. The molecule has 21 heavy (non-hydrogen) atoms. The van der Waals surface area contributed by atoms with Crippen LogP contribution in [0, 0.1) is 24.7 Å². The van der Waals surface area contributed by atoms with Crippen LogP contribution >= 0.6 is 0 Å². The van der Waals surface area contributed by atoms with E-state index in [4.69, 9.17) is 36.5 Å². The van der Waals surface area contributed by atoms with Crippen LogP contribution in [0.1, 0.15) is 0 Å². The second-order valence-electron chi connectivity index (χ2n) is 4.68. The van der Waals surface area contributed by atoms with Crippen molar-refractivity contribution in [3.8, 4) is 24.7 Å². The van der Waals surface area contributed by atoms with Crippen molar-refractivity contribution in [3.05, 3.63) is 0 Å². The van der Waals surface area contributed by atoms with Crippen molar-refractivity contribution < 1.29 is 28.8 Å². The molecular weight excluding hydrogens is 276 g/mol. The van der Waals surface area contributed by atoms with Gasteiger partial charge in [0.05, 0.1) is 6.61 Å². The average Bonchev–Trinajstić information content (AvgIpc) is 2.52. The maximum absolute atomic E-state index is 10.2. The smallest absolute Gasteiger partial charge is 0.194 e. The monoisotopic (exact) mass is 298 g/mol. The number of ether oxygens (including phenoxy) is 5. The molecule has 6 atom stereocenters. The molecule has 0 spiro atoms. The molecule has 0 aliphatic carbocycles. The molecule has 0 saturated carbocycles. The summed E-state index contributed by atoms with van der Waals surface area (Å²) >= 11 is 0. The van der Waals surface area contributed by atoms with Crippen molar-refractivity contribution in [2.45, 2.75) is 36.1 Å². The molecule has 0 bridgehead atoms. The Hall–Kier alpha value is -1.12. The van der Waals surface area contributed by atoms with E-state index >= 15 is 0 Å². The minimum absolute atomic E-state index is 0.204. The first kappa shape index (κ1) is 17.9. The Kier molecular flexibility index (Phi) is 6.63. The molecule has 1 heterocycles. The molecule has 0 amide bonds. The van der Waals surface area contributed by atoms with Gasteiger partial charge in [-0.1, -0.05) is 11.8 Å². The van der Waals surface area contributed by atoms with Crippen molar-refractivity contribution >= 4 is 0 Å². The van der Waals surface area contributed by atoms with Gasteiger partial charge in [0.25, 0.3) is 0 Å². The highest BCUT2D eigenvalue weighted by Gasteiger charge is 2.58. The molecule has 0 aromatic heterocycles. The Morgan fingerprint density at radius 3 is 2.14 bits per heavy atom. The van der Waals surface area contributed by atoms with Crippen molar-refractivity contribution in [3.63, 3.8) is 0 Å². The van der Waals surface area contributed by atoms with Crippen LogP contribution in [-0.4, -0.2) is 76.3 Å². The first-order valence-electron chi connectivity index (χ1n) is 6.43. The molecule has 6 nitrogen and oxygen atoms in total. The highest BCUT2D eigenvalue weighted by atomic mass is 16.6. The van der Waals surface area contributed by atoms with Gasteiger partial charge in [0.1, 0.15) is 24.4 Å². The summed E-state index contributed by atoms with van der Waals surface area (Å²) in [5, 5.41) is 10.2. The molecule has 118 valence electrons. The molecule has 1 rings (SSSR count). The Bertz CT molecular complexity index is 411. The minimum atomic E-state index is -1.54.